The molecule has 0 unspecified atom stereocenters. The zero-order valence-electron chi connectivity index (χ0n) is 15.6. The van der Waals surface area contributed by atoms with Gasteiger partial charge < -0.3 is 10.3 Å². The maximum atomic E-state index is 13.1. The summed E-state index contributed by atoms with van der Waals surface area (Å²) >= 11 is 0. The van der Waals surface area contributed by atoms with Crippen LogP contribution in [0.5, 0.6) is 0 Å². The number of anilines is 1. The molecule has 0 atom stereocenters. The molecule has 0 saturated heterocycles. The molecule has 8 heteroatoms. The number of sulfonamides is 1. The second-order valence-electron chi connectivity index (χ2n) is 6.96. The van der Waals surface area contributed by atoms with Gasteiger partial charge in [0.1, 0.15) is 0 Å². The Morgan fingerprint density at radius 2 is 1.79 bits per heavy atom. The zero-order chi connectivity index (χ0) is 19.8. The molecule has 0 radical (unpaired) electrons. The highest BCUT2D eigenvalue weighted by Crippen LogP contribution is 2.37. The summed E-state index contributed by atoms with van der Waals surface area (Å²) in [6.45, 7) is 2.14. The summed E-state index contributed by atoms with van der Waals surface area (Å²) in [5.74, 6) is 0.845. The minimum Gasteiger partial charge on any atom is -0.334 e. The van der Waals surface area contributed by atoms with Crippen LogP contribution in [0.2, 0.25) is 0 Å². The van der Waals surface area contributed by atoms with E-state index in [4.69, 9.17) is 10.3 Å². The minimum atomic E-state index is -3.67. The van der Waals surface area contributed by atoms with Gasteiger partial charge in [0.2, 0.25) is 0 Å². The van der Waals surface area contributed by atoms with E-state index in [0.29, 0.717) is 29.5 Å². The van der Waals surface area contributed by atoms with E-state index in [9.17, 15) is 8.42 Å². The van der Waals surface area contributed by atoms with Crippen LogP contribution in [0, 0.1) is 0 Å². The average Bonchev–Trinajstić information content (AvgIpc) is 3.18. The molecule has 1 aliphatic carbocycles. The van der Waals surface area contributed by atoms with Gasteiger partial charge in [0, 0.05) is 12.1 Å². The molecule has 0 aliphatic heterocycles. The standard InChI is InChI=1S/C20H22N4O3S/c1-2-24(16-7-4-3-5-8-16)28(25,26)17-11-9-15(10-12-17)18-22-19(23-27-18)20(21)13-6-14-20/h3-5,7-12H,2,6,13-14,21H2,1H3. The first-order valence-corrected chi connectivity index (χ1v) is 10.7. The van der Waals surface area contributed by atoms with Crippen LogP contribution in [-0.4, -0.2) is 25.1 Å². The first-order chi connectivity index (χ1) is 13.4. The third kappa shape index (κ3) is 3.18. The molecule has 28 heavy (non-hydrogen) atoms. The second kappa shape index (κ2) is 7.03. The first-order valence-electron chi connectivity index (χ1n) is 9.25. The summed E-state index contributed by atoms with van der Waals surface area (Å²) in [6, 6.07) is 15.5. The average molecular weight is 398 g/mol. The number of hydrogen-bond donors (Lipinski definition) is 1. The molecule has 1 saturated carbocycles. The molecule has 1 heterocycles. The van der Waals surface area contributed by atoms with Crippen molar-refractivity contribution in [3.8, 4) is 11.5 Å². The monoisotopic (exact) mass is 398 g/mol. The molecule has 1 aromatic heterocycles. The molecule has 1 aliphatic rings. The fraction of sp³-hybridized carbons (Fsp3) is 0.300. The highest BCUT2D eigenvalue weighted by atomic mass is 32.2. The topological polar surface area (TPSA) is 102 Å². The van der Waals surface area contributed by atoms with E-state index in [1.165, 1.54) is 4.31 Å². The lowest BCUT2D eigenvalue weighted by Crippen LogP contribution is -2.44. The second-order valence-corrected chi connectivity index (χ2v) is 8.82. The van der Waals surface area contributed by atoms with Crippen molar-refractivity contribution in [3.63, 3.8) is 0 Å². The summed E-state index contributed by atoms with van der Waals surface area (Å²) in [5.41, 5.74) is 7.02. The van der Waals surface area contributed by atoms with Crippen LogP contribution in [0.3, 0.4) is 0 Å². The van der Waals surface area contributed by atoms with Crippen molar-refractivity contribution in [1.82, 2.24) is 10.1 Å². The summed E-state index contributed by atoms with van der Waals surface area (Å²) < 4.78 is 32.8. The number of hydrogen-bond acceptors (Lipinski definition) is 6. The molecule has 7 nitrogen and oxygen atoms in total. The van der Waals surface area contributed by atoms with Gasteiger partial charge in [-0.1, -0.05) is 23.4 Å². The van der Waals surface area contributed by atoms with Crippen LogP contribution in [0.15, 0.2) is 64.0 Å². The Morgan fingerprint density at radius 3 is 2.36 bits per heavy atom. The fourth-order valence-corrected chi connectivity index (χ4v) is 4.78. The van der Waals surface area contributed by atoms with E-state index in [-0.39, 0.29) is 4.90 Å². The molecule has 3 aromatic rings. The summed E-state index contributed by atoms with van der Waals surface area (Å²) in [5, 5.41) is 4.00. The van der Waals surface area contributed by atoms with Crippen LogP contribution in [-0.2, 0) is 15.6 Å². The van der Waals surface area contributed by atoms with Crippen LogP contribution in [0.25, 0.3) is 11.5 Å². The Hall–Kier alpha value is -2.71. The smallest absolute Gasteiger partial charge is 0.264 e. The number of benzene rings is 2. The van der Waals surface area contributed by atoms with Crippen LogP contribution in [0.4, 0.5) is 5.69 Å². The molecule has 0 bridgehead atoms. The van der Waals surface area contributed by atoms with Gasteiger partial charge in [-0.25, -0.2) is 8.42 Å². The van der Waals surface area contributed by atoms with E-state index < -0.39 is 15.6 Å². The zero-order valence-corrected chi connectivity index (χ0v) is 16.4. The SMILES string of the molecule is CCN(c1ccccc1)S(=O)(=O)c1ccc(-c2nc(C3(N)CCC3)no2)cc1. The van der Waals surface area contributed by atoms with E-state index in [1.807, 2.05) is 25.1 Å². The minimum absolute atomic E-state index is 0.205. The van der Waals surface area contributed by atoms with Gasteiger partial charge in [0.25, 0.3) is 15.9 Å². The molecular formula is C20H22N4O3S. The Kier molecular flexibility index (Phi) is 4.68. The van der Waals surface area contributed by atoms with Gasteiger partial charge in [-0.3, -0.25) is 4.31 Å². The van der Waals surface area contributed by atoms with E-state index in [2.05, 4.69) is 10.1 Å². The fourth-order valence-electron chi connectivity index (χ4n) is 3.31. The number of aromatic nitrogens is 2. The normalized spacial score (nSPS) is 15.8. The number of nitrogens with two attached hydrogens (primary N) is 1. The maximum Gasteiger partial charge on any atom is 0.264 e. The van der Waals surface area contributed by atoms with Crippen LogP contribution in [0.1, 0.15) is 32.0 Å². The van der Waals surface area contributed by atoms with E-state index in [0.717, 1.165) is 19.3 Å². The van der Waals surface area contributed by atoms with Gasteiger partial charge in [-0.2, -0.15) is 4.98 Å². The molecular weight excluding hydrogens is 376 g/mol. The van der Waals surface area contributed by atoms with E-state index >= 15 is 0 Å². The van der Waals surface area contributed by atoms with E-state index in [1.54, 1.807) is 36.4 Å². The molecule has 2 aromatic carbocycles. The van der Waals surface area contributed by atoms with Gasteiger partial charge >= 0.3 is 0 Å². The van der Waals surface area contributed by atoms with Crippen molar-refractivity contribution in [2.75, 3.05) is 10.8 Å². The predicted molar refractivity (Wildman–Crippen MR) is 106 cm³/mol. The summed E-state index contributed by atoms with van der Waals surface area (Å²) in [7, 11) is -3.67. The molecule has 0 amide bonds. The highest BCUT2D eigenvalue weighted by Gasteiger charge is 2.39. The molecule has 0 spiro atoms. The van der Waals surface area contributed by atoms with Crippen LogP contribution >= 0.6 is 0 Å². The molecule has 1 fully saturated rings. The quantitative estimate of drug-likeness (QED) is 0.683. The van der Waals surface area contributed by atoms with Gasteiger partial charge in [-0.05, 0) is 62.6 Å². The summed E-state index contributed by atoms with van der Waals surface area (Å²) in [6.07, 6.45) is 2.74. The van der Waals surface area contributed by atoms with Gasteiger partial charge in [-0.15, -0.1) is 0 Å². The third-order valence-corrected chi connectivity index (χ3v) is 7.05. The molecule has 4 rings (SSSR count). The van der Waals surface area contributed by atoms with Crippen LogP contribution < -0.4 is 10.0 Å². The van der Waals surface area contributed by atoms with Gasteiger partial charge in [0.15, 0.2) is 5.82 Å². The van der Waals surface area contributed by atoms with Crippen molar-refractivity contribution in [2.24, 2.45) is 5.73 Å². The Labute approximate surface area is 164 Å². The third-order valence-electron chi connectivity index (χ3n) is 5.14. The van der Waals surface area contributed by atoms with Gasteiger partial charge in [0.05, 0.1) is 16.1 Å². The lowest BCUT2D eigenvalue weighted by molar-refractivity contribution is 0.229. The number of para-hydroxylation sites is 1. The lowest BCUT2D eigenvalue weighted by atomic mass is 9.77. The molecule has 2 N–H and O–H groups in total. The summed E-state index contributed by atoms with van der Waals surface area (Å²) in [4.78, 5) is 4.61. The van der Waals surface area contributed by atoms with Crippen molar-refractivity contribution in [2.45, 2.75) is 36.6 Å². The lowest BCUT2D eigenvalue weighted by Gasteiger charge is -2.34. The van der Waals surface area contributed by atoms with Crippen molar-refractivity contribution in [3.05, 3.63) is 60.4 Å². The van der Waals surface area contributed by atoms with Crippen molar-refractivity contribution >= 4 is 15.7 Å². The Morgan fingerprint density at radius 1 is 1.11 bits per heavy atom. The number of nitrogens with zero attached hydrogens (tertiary/aromatic N) is 3. The Bertz CT molecular complexity index is 1060. The van der Waals surface area contributed by atoms with Crippen molar-refractivity contribution < 1.29 is 12.9 Å². The first kappa shape index (κ1) is 18.6. The number of rotatable bonds is 6. The maximum absolute atomic E-state index is 13.1. The van der Waals surface area contributed by atoms with Crippen molar-refractivity contribution in [1.29, 1.82) is 0 Å². The predicted octanol–water partition coefficient (Wildman–Crippen LogP) is 3.29. The Balaban J connectivity index is 1.60. The highest BCUT2D eigenvalue weighted by molar-refractivity contribution is 7.92. The molecule has 146 valence electrons. The largest absolute Gasteiger partial charge is 0.334 e.